The minimum Gasteiger partial charge on any atom is -0.497 e. The maximum Gasteiger partial charge on any atom is 0.321 e. The number of rotatable bonds is 4. The quantitative estimate of drug-likeness (QED) is 0.930. The zero-order valence-electron chi connectivity index (χ0n) is 12.6. The maximum absolute atomic E-state index is 12.2. The lowest BCUT2D eigenvalue weighted by Crippen LogP contribution is -2.30. The summed E-state index contributed by atoms with van der Waals surface area (Å²) in [6.45, 7) is 2.52. The van der Waals surface area contributed by atoms with Crippen molar-refractivity contribution >= 4 is 11.7 Å². The fourth-order valence-electron chi connectivity index (χ4n) is 2.06. The highest BCUT2D eigenvalue weighted by Crippen LogP contribution is 2.15. The lowest BCUT2D eigenvalue weighted by Gasteiger charge is -2.18. The first kappa shape index (κ1) is 14.9. The van der Waals surface area contributed by atoms with Crippen molar-refractivity contribution in [1.82, 2.24) is 4.90 Å². The third-order valence-electron chi connectivity index (χ3n) is 3.17. The van der Waals surface area contributed by atoms with Crippen molar-refractivity contribution < 1.29 is 9.53 Å². The molecule has 0 aromatic heterocycles. The number of nitrogens with one attached hydrogen (secondary N) is 1. The monoisotopic (exact) mass is 284 g/mol. The second kappa shape index (κ2) is 6.79. The van der Waals surface area contributed by atoms with Gasteiger partial charge in [-0.05, 0) is 42.3 Å². The van der Waals surface area contributed by atoms with Crippen LogP contribution in [-0.2, 0) is 6.54 Å². The lowest BCUT2D eigenvalue weighted by molar-refractivity contribution is 0.220. The molecule has 1 N–H and O–H groups in total. The molecule has 0 saturated carbocycles. The van der Waals surface area contributed by atoms with Gasteiger partial charge in [0.05, 0.1) is 7.11 Å². The Labute approximate surface area is 125 Å². The maximum atomic E-state index is 12.2. The van der Waals surface area contributed by atoms with Gasteiger partial charge in [0.1, 0.15) is 5.75 Å². The number of methoxy groups -OCH3 is 1. The van der Waals surface area contributed by atoms with E-state index >= 15 is 0 Å². The van der Waals surface area contributed by atoms with E-state index in [4.69, 9.17) is 4.74 Å². The van der Waals surface area contributed by atoms with Crippen LogP contribution in [0.1, 0.15) is 11.1 Å². The highest BCUT2D eigenvalue weighted by molar-refractivity contribution is 5.89. The molecule has 0 bridgehead atoms. The molecule has 0 saturated heterocycles. The number of anilines is 1. The molecule has 2 aromatic carbocycles. The van der Waals surface area contributed by atoms with E-state index in [2.05, 4.69) is 5.32 Å². The van der Waals surface area contributed by atoms with E-state index < -0.39 is 0 Å². The minimum absolute atomic E-state index is 0.136. The van der Waals surface area contributed by atoms with E-state index in [9.17, 15) is 4.79 Å². The Kier molecular flexibility index (Phi) is 4.82. The number of carbonyl (C=O) groups excluding carboxylic acids is 1. The van der Waals surface area contributed by atoms with Gasteiger partial charge in [0, 0.05) is 19.3 Å². The van der Waals surface area contributed by atoms with Crippen LogP contribution in [-0.4, -0.2) is 25.1 Å². The molecule has 0 atom stereocenters. The number of ether oxygens (including phenoxy) is 1. The molecular formula is C17H20N2O2. The summed E-state index contributed by atoms with van der Waals surface area (Å²) >= 11 is 0. The minimum atomic E-state index is -0.136. The lowest BCUT2D eigenvalue weighted by atomic mass is 10.2. The van der Waals surface area contributed by atoms with Gasteiger partial charge < -0.3 is 15.0 Å². The van der Waals surface area contributed by atoms with Crippen LogP contribution in [0.2, 0.25) is 0 Å². The van der Waals surface area contributed by atoms with E-state index in [-0.39, 0.29) is 6.03 Å². The fourth-order valence-corrected chi connectivity index (χ4v) is 2.06. The number of aryl methyl sites for hydroxylation is 1. The standard InChI is InChI=1S/C17H20N2O2/c1-13-6-4-8-15(10-13)18-17(20)19(2)12-14-7-5-9-16(11-14)21-3/h4-11H,12H2,1-3H3,(H,18,20). The fraction of sp³-hybridized carbons (Fsp3) is 0.235. The van der Waals surface area contributed by atoms with Gasteiger partial charge >= 0.3 is 6.03 Å². The van der Waals surface area contributed by atoms with Crippen LogP contribution in [0.3, 0.4) is 0 Å². The van der Waals surface area contributed by atoms with Gasteiger partial charge in [0.2, 0.25) is 0 Å². The molecule has 2 rings (SSSR count). The van der Waals surface area contributed by atoms with Crippen molar-refractivity contribution in [3.63, 3.8) is 0 Å². The predicted octanol–water partition coefficient (Wildman–Crippen LogP) is 3.67. The van der Waals surface area contributed by atoms with E-state index in [1.54, 1.807) is 19.1 Å². The summed E-state index contributed by atoms with van der Waals surface area (Å²) in [5, 5.41) is 2.89. The molecule has 0 aliphatic carbocycles. The molecule has 0 aliphatic heterocycles. The molecular weight excluding hydrogens is 264 g/mol. The first-order valence-electron chi connectivity index (χ1n) is 6.80. The first-order chi connectivity index (χ1) is 10.1. The van der Waals surface area contributed by atoms with E-state index in [0.29, 0.717) is 6.54 Å². The molecule has 0 aliphatic rings. The zero-order valence-corrected chi connectivity index (χ0v) is 12.6. The van der Waals surface area contributed by atoms with Crippen LogP contribution in [0, 0.1) is 6.92 Å². The summed E-state index contributed by atoms with van der Waals surface area (Å²) in [4.78, 5) is 13.8. The van der Waals surface area contributed by atoms with Crippen molar-refractivity contribution in [2.24, 2.45) is 0 Å². The van der Waals surface area contributed by atoms with Gasteiger partial charge in [-0.1, -0.05) is 24.3 Å². The molecule has 0 unspecified atom stereocenters. The number of nitrogens with zero attached hydrogens (tertiary/aromatic N) is 1. The molecule has 4 nitrogen and oxygen atoms in total. The van der Waals surface area contributed by atoms with Crippen LogP contribution < -0.4 is 10.1 Å². The van der Waals surface area contributed by atoms with E-state index in [1.807, 2.05) is 55.5 Å². The summed E-state index contributed by atoms with van der Waals surface area (Å²) in [6.07, 6.45) is 0. The van der Waals surface area contributed by atoms with Crippen molar-refractivity contribution in [1.29, 1.82) is 0 Å². The molecule has 0 fully saturated rings. The average molecular weight is 284 g/mol. The molecule has 0 spiro atoms. The smallest absolute Gasteiger partial charge is 0.321 e. The predicted molar refractivity (Wildman–Crippen MR) is 84.7 cm³/mol. The molecule has 21 heavy (non-hydrogen) atoms. The Morgan fingerprint density at radius 3 is 2.67 bits per heavy atom. The van der Waals surface area contributed by atoms with Crippen LogP contribution in [0.4, 0.5) is 10.5 Å². The Hall–Kier alpha value is -2.49. The van der Waals surface area contributed by atoms with Crippen LogP contribution in [0.5, 0.6) is 5.75 Å². The number of amides is 2. The topological polar surface area (TPSA) is 41.6 Å². The summed E-state index contributed by atoms with van der Waals surface area (Å²) in [6, 6.07) is 15.3. The Morgan fingerprint density at radius 2 is 1.95 bits per heavy atom. The summed E-state index contributed by atoms with van der Waals surface area (Å²) in [5.41, 5.74) is 2.94. The van der Waals surface area contributed by atoms with E-state index in [1.165, 1.54) is 0 Å². The normalized spacial score (nSPS) is 10.0. The molecule has 110 valence electrons. The van der Waals surface area contributed by atoms with Gasteiger partial charge in [0.25, 0.3) is 0 Å². The third-order valence-corrected chi connectivity index (χ3v) is 3.17. The highest BCUT2D eigenvalue weighted by atomic mass is 16.5. The largest absolute Gasteiger partial charge is 0.497 e. The third kappa shape index (κ3) is 4.24. The second-order valence-electron chi connectivity index (χ2n) is 5.01. The molecule has 2 aromatic rings. The van der Waals surface area contributed by atoms with Crippen molar-refractivity contribution in [2.45, 2.75) is 13.5 Å². The molecule has 0 radical (unpaired) electrons. The van der Waals surface area contributed by atoms with Gasteiger partial charge in [-0.25, -0.2) is 4.79 Å². The summed E-state index contributed by atoms with van der Waals surface area (Å²) in [5.74, 6) is 0.792. The Bertz CT molecular complexity index is 626. The van der Waals surface area contributed by atoms with Gasteiger partial charge in [-0.2, -0.15) is 0 Å². The first-order valence-corrected chi connectivity index (χ1v) is 6.80. The SMILES string of the molecule is COc1cccc(CN(C)C(=O)Nc2cccc(C)c2)c1. The van der Waals surface area contributed by atoms with Gasteiger partial charge in [0.15, 0.2) is 0 Å². The summed E-state index contributed by atoms with van der Waals surface area (Å²) in [7, 11) is 3.40. The Balaban J connectivity index is 1.99. The second-order valence-corrected chi connectivity index (χ2v) is 5.01. The molecule has 4 heteroatoms. The number of hydrogen-bond donors (Lipinski definition) is 1. The van der Waals surface area contributed by atoms with Crippen LogP contribution >= 0.6 is 0 Å². The number of benzene rings is 2. The summed E-state index contributed by atoms with van der Waals surface area (Å²) < 4.78 is 5.19. The van der Waals surface area contributed by atoms with E-state index in [0.717, 1.165) is 22.6 Å². The van der Waals surface area contributed by atoms with Crippen molar-refractivity contribution in [2.75, 3.05) is 19.5 Å². The van der Waals surface area contributed by atoms with Crippen molar-refractivity contribution in [3.05, 3.63) is 59.7 Å². The molecule has 0 heterocycles. The van der Waals surface area contributed by atoms with Gasteiger partial charge in [-0.3, -0.25) is 0 Å². The molecule has 2 amide bonds. The zero-order chi connectivity index (χ0) is 15.2. The van der Waals surface area contributed by atoms with Crippen LogP contribution in [0.15, 0.2) is 48.5 Å². The highest BCUT2D eigenvalue weighted by Gasteiger charge is 2.09. The van der Waals surface area contributed by atoms with Crippen LogP contribution in [0.25, 0.3) is 0 Å². The average Bonchev–Trinajstić information content (AvgIpc) is 2.47. The number of urea groups is 1. The number of hydrogen-bond acceptors (Lipinski definition) is 2. The number of carbonyl (C=O) groups is 1. The van der Waals surface area contributed by atoms with Crippen molar-refractivity contribution in [3.8, 4) is 5.75 Å². The Morgan fingerprint density at radius 1 is 1.19 bits per heavy atom. The van der Waals surface area contributed by atoms with Gasteiger partial charge in [-0.15, -0.1) is 0 Å².